The molecule has 2 aromatic carbocycles. The van der Waals surface area contributed by atoms with Crippen LogP contribution in [0.2, 0.25) is 0 Å². The van der Waals surface area contributed by atoms with Gasteiger partial charge in [-0.15, -0.1) is 0 Å². The summed E-state index contributed by atoms with van der Waals surface area (Å²) in [6.45, 7) is 0.738. The fraction of sp³-hybridized carbons (Fsp3) is 0.235. The van der Waals surface area contributed by atoms with Gasteiger partial charge in [0.25, 0.3) is 5.91 Å². The van der Waals surface area contributed by atoms with Crippen LogP contribution in [0.25, 0.3) is 0 Å². The van der Waals surface area contributed by atoms with Crippen LogP contribution >= 0.6 is 0 Å². The van der Waals surface area contributed by atoms with Crippen molar-refractivity contribution in [3.8, 4) is 0 Å². The lowest BCUT2D eigenvalue weighted by molar-refractivity contribution is 0.102. The molecule has 0 unspecified atom stereocenters. The number of sulfonamides is 1. The third-order valence-electron chi connectivity index (χ3n) is 3.33. The Bertz CT molecular complexity index is 823. The van der Waals surface area contributed by atoms with Gasteiger partial charge in [0.05, 0.1) is 4.90 Å². The standard InChI is InChI=1S/C17H19FN2O4S/c1-24-11-3-10-19-25(22,23)16-8-6-15(7-9-16)20-17(21)13-4-2-5-14(18)12-13/h2,4-9,12,19H,3,10-11H2,1H3,(H,20,21). The van der Waals surface area contributed by atoms with Crippen molar-refractivity contribution in [3.63, 3.8) is 0 Å². The fourth-order valence-electron chi connectivity index (χ4n) is 2.06. The number of ether oxygens (including phenoxy) is 1. The minimum absolute atomic E-state index is 0.0914. The zero-order chi connectivity index (χ0) is 18.3. The summed E-state index contributed by atoms with van der Waals surface area (Å²) in [5.41, 5.74) is 0.587. The molecule has 0 fully saturated rings. The van der Waals surface area contributed by atoms with E-state index in [-0.39, 0.29) is 17.0 Å². The Morgan fingerprint density at radius 3 is 2.52 bits per heavy atom. The van der Waals surface area contributed by atoms with Crippen molar-refractivity contribution in [2.24, 2.45) is 0 Å². The van der Waals surface area contributed by atoms with Crippen LogP contribution in [0.5, 0.6) is 0 Å². The summed E-state index contributed by atoms with van der Waals surface area (Å²) < 4.78 is 44.7. The highest BCUT2D eigenvalue weighted by atomic mass is 32.2. The second kappa shape index (κ2) is 8.70. The number of amides is 1. The predicted octanol–water partition coefficient (Wildman–Crippen LogP) is 2.39. The molecule has 0 heterocycles. The van der Waals surface area contributed by atoms with E-state index >= 15 is 0 Å². The maximum atomic E-state index is 13.1. The van der Waals surface area contributed by atoms with Gasteiger partial charge in [-0.2, -0.15) is 0 Å². The summed E-state index contributed by atoms with van der Waals surface area (Å²) in [5.74, 6) is -0.985. The zero-order valence-electron chi connectivity index (χ0n) is 13.7. The van der Waals surface area contributed by atoms with Gasteiger partial charge in [-0.3, -0.25) is 4.79 Å². The zero-order valence-corrected chi connectivity index (χ0v) is 14.5. The highest BCUT2D eigenvalue weighted by molar-refractivity contribution is 7.89. The fourth-order valence-corrected chi connectivity index (χ4v) is 3.13. The second-order valence-electron chi connectivity index (χ2n) is 5.23. The molecule has 0 aromatic heterocycles. The minimum atomic E-state index is -3.61. The van der Waals surface area contributed by atoms with Gasteiger partial charge < -0.3 is 10.1 Å². The van der Waals surface area contributed by atoms with Crippen molar-refractivity contribution >= 4 is 21.6 Å². The summed E-state index contributed by atoms with van der Waals surface area (Å²) >= 11 is 0. The number of methoxy groups -OCH3 is 1. The van der Waals surface area contributed by atoms with E-state index in [1.54, 1.807) is 7.11 Å². The Hall–Kier alpha value is -2.29. The molecule has 0 atom stereocenters. The van der Waals surface area contributed by atoms with Gasteiger partial charge in [-0.25, -0.2) is 17.5 Å². The van der Waals surface area contributed by atoms with E-state index < -0.39 is 21.7 Å². The van der Waals surface area contributed by atoms with Crippen LogP contribution in [0.3, 0.4) is 0 Å². The van der Waals surface area contributed by atoms with Crippen molar-refractivity contribution in [2.45, 2.75) is 11.3 Å². The lowest BCUT2D eigenvalue weighted by atomic mass is 10.2. The number of halogens is 1. The Morgan fingerprint density at radius 2 is 1.88 bits per heavy atom. The number of benzene rings is 2. The first-order valence-corrected chi connectivity index (χ1v) is 9.06. The second-order valence-corrected chi connectivity index (χ2v) is 7.00. The smallest absolute Gasteiger partial charge is 0.255 e. The molecule has 0 aliphatic heterocycles. The first-order chi connectivity index (χ1) is 11.9. The molecule has 0 aliphatic carbocycles. The molecular weight excluding hydrogens is 347 g/mol. The molecule has 2 N–H and O–H groups in total. The molecular formula is C17H19FN2O4S. The Morgan fingerprint density at radius 1 is 1.16 bits per heavy atom. The first-order valence-electron chi connectivity index (χ1n) is 7.58. The SMILES string of the molecule is COCCCNS(=O)(=O)c1ccc(NC(=O)c2cccc(F)c2)cc1. The normalized spacial score (nSPS) is 11.3. The summed E-state index contributed by atoms with van der Waals surface area (Å²) in [7, 11) is -2.06. The number of carbonyl (C=O) groups is 1. The number of hydrogen-bond acceptors (Lipinski definition) is 4. The van der Waals surface area contributed by atoms with Crippen LogP contribution in [-0.2, 0) is 14.8 Å². The largest absolute Gasteiger partial charge is 0.385 e. The van der Waals surface area contributed by atoms with Gasteiger partial charge in [-0.05, 0) is 48.9 Å². The van der Waals surface area contributed by atoms with Gasteiger partial charge in [-0.1, -0.05) is 6.07 Å². The third kappa shape index (κ3) is 5.63. The van der Waals surface area contributed by atoms with E-state index in [0.29, 0.717) is 18.7 Å². The molecule has 8 heteroatoms. The topological polar surface area (TPSA) is 84.5 Å². The molecule has 0 aliphatic rings. The minimum Gasteiger partial charge on any atom is -0.385 e. The van der Waals surface area contributed by atoms with Crippen molar-refractivity contribution < 1.29 is 22.3 Å². The lowest BCUT2D eigenvalue weighted by Gasteiger charge is -2.09. The number of anilines is 1. The molecule has 134 valence electrons. The Balaban J connectivity index is 2.00. The summed E-state index contributed by atoms with van der Waals surface area (Å²) in [4.78, 5) is 12.1. The molecule has 0 saturated heterocycles. The Labute approximate surface area is 146 Å². The molecule has 25 heavy (non-hydrogen) atoms. The van der Waals surface area contributed by atoms with Gasteiger partial charge in [0.15, 0.2) is 0 Å². The predicted molar refractivity (Wildman–Crippen MR) is 92.5 cm³/mol. The molecule has 2 aromatic rings. The van der Waals surface area contributed by atoms with Crippen molar-refractivity contribution in [1.82, 2.24) is 4.72 Å². The average Bonchev–Trinajstić information content (AvgIpc) is 2.59. The number of carbonyl (C=O) groups excluding carboxylic acids is 1. The van der Waals surface area contributed by atoms with Crippen LogP contribution in [0, 0.1) is 5.82 Å². The van der Waals surface area contributed by atoms with Crippen LogP contribution < -0.4 is 10.0 Å². The molecule has 0 spiro atoms. The third-order valence-corrected chi connectivity index (χ3v) is 4.80. The van der Waals surface area contributed by atoms with Gasteiger partial charge in [0.1, 0.15) is 5.82 Å². The number of hydrogen-bond donors (Lipinski definition) is 2. The van der Waals surface area contributed by atoms with E-state index in [4.69, 9.17) is 4.74 Å². The van der Waals surface area contributed by atoms with Crippen molar-refractivity contribution in [3.05, 3.63) is 59.9 Å². The summed E-state index contributed by atoms with van der Waals surface area (Å²) in [5, 5.41) is 2.59. The monoisotopic (exact) mass is 366 g/mol. The summed E-state index contributed by atoms with van der Waals surface area (Å²) in [6, 6.07) is 11.0. The quantitative estimate of drug-likeness (QED) is 0.703. The average molecular weight is 366 g/mol. The maximum Gasteiger partial charge on any atom is 0.255 e. The van der Waals surface area contributed by atoms with Crippen molar-refractivity contribution in [2.75, 3.05) is 25.6 Å². The molecule has 6 nitrogen and oxygen atoms in total. The van der Waals surface area contributed by atoms with Gasteiger partial charge in [0.2, 0.25) is 10.0 Å². The van der Waals surface area contributed by atoms with E-state index in [1.807, 2.05) is 0 Å². The van der Waals surface area contributed by atoms with E-state index in [9.17, 15) is 17.6 Å². The molecule has 0 radical (unpaired) electrons. The molecule has 1 amide bonds. The first kappa shape index (κ1) is 19.0. The maximum absolute atomic E-state index is 13.1. The van der Waals surface area contributed by atoms with Gasteiger partial charge >= 0.3 is 0 Å². The van der Waals surface area contributed by atoms with E-state index in [2.05, 4.69) is 10.0 Å². The lowest BCUT2D eigenvalue weighted by Crippen LogP contribution is -2.25. The number of rotatable bonds is 8. The Kier molecular flexibility index (Phi) is 6.63. The van der Waals surface area contributed by atoms with Gasteiger partial charge in [0, 0.05) is 31.5 Å². The van der Waals surface area contributed by atoms with Crippen molar-refractivity contribution in [1.29, 1.82) is 0 Å². The molecule has 0 bridgehead atoms. The van der Waals surface area contributed by atoms with Crippen LogP contribution in [0.4, 0.5) is 10.1 Å². The molecule has 2 rings (SSSR count). The van der Waals surface area contributed by atoms with Crippen LogP contribution in [0.15, 0.2) is 53.4 Å². The van der Waals surface area contributed by atoms with Crippen LogP contribution in [0.1, 0.15) is 16.8 Å². The van der Waals surface area contributed by atoms with E-state index in [1.165, 1.54) is 42.5 Å². The van der Waals surface area contributed by atoms with E-state index in [0.717, 1.165) is 6.07 Å². The highest BCUT2D eigenvalue weighted by Crippen LogP contribution is 2.15. The number of nitrogens with one attached hydrogen (secondary N) is 2. The highest BCUT2D eigenvalue weighted by Gasteiger charge is 2.13. The summed E-state index contributed by atoms with van der Waals surface area (Å²) in [6.07, 6.45) is 0.567. The molecule has 0 saturated carbocycles. The van der Waals surface area contributed by atoms with Crippen LogP contribution in [-0.4, -0.2) is 34.6 Å².